The Morgan fingerprint density at radius 1 is 1.14 bits per heavy atom. The van der Waals surface area contributed by atoms with Crippen LogP contribution in [0.2, 0.25) is 0 Å². The SMILES string of the molecule is CCOc1ccccc1NC(=O)Cn1ccc2cc(OC(C)C)ccc2c1=O. The second-order valence-electron chi connectivity index (χ2n) is 6.64. The highest BCUT2D eigenvalue weighted by Gasteiger charge is 2.11. The van der Waals surface area contributed by atoms with Gasteiger partial charge in [0.2, 0.25) is 5.91 Å². The summed E-state index contributed by atoms with van der Waals surface area (Å²) in [5.74, 6) is 1.01. The summed E-state index contributed by atoms with van der Waals surface area (Å²) < 4.78 is 12.6. The molecule has 2 aromatic carbocycles. The number of carbonyl (C=O) groups is 1. The molecule has 6 nitrogen and oxygen atoms in total. The van der Waals surface area contributed by atoms with Gasteiger partial charge in [0.15, 0.2) is 0 Å². The molecule has 1 amide bonds. The smallest absolute Gasteiger partial charge is 0.258 e. The maximum atomic E-state index is 12.7. The number of rotatable bonds is 7. The van der Waals surface area contributed by atoms with Crippen LogP contribution in [0.15, 0.2) is 59.5 Å². The fourth-order valence-corrected chi connectivity index (χ4v) is 2.93. The van der Waals surface area contributed by atoms with Crippen molar-refractivity contribution in [3.8, 4) is 11.5 Å². The van der Waals surface area contributed by atoms with E-state index in [9.17, 15) is 9.59 Å². The summed E-state index contributed by atoms with van der Waals surface area (Å²) in [7, 11) is 0. The van der Waals surface area contributed by atoms with E-state index in [1.165, 1.54) is 4.57 Å². The molecule has 0 aliphatic rings. The number of nitrogens with zero attached hydrogens (tertiary/aromatic N) is 1. The summed E-state index contributed by atoms with van der Waals surface area (Å²) in [6, 6.07) is 14.4. The first kappa shape index (κ1) is 19.5. The molecule has 1 aromatic heterocycles. The minimum atomic E-state index is -0.298. The predicted octanol–water partition coefficient (Wildman–Crippen LogP) is 3.83. The average molecular weight is 380 g/mol. The van der Waals surface area contributed by atoms with Gasteiger partial charge in [0, 0.05) is 11.6 Å². The molecule has 1 N–H and O–H groups in total. The molecule has 6 heteroatoms. The van der Waals surface area contributed by atoms with Crippen LogP contribution in [0.4, 0.5) is 5.69 Å². The number of pyridine rings is 1. The van der Waals surface area contributed by atoms with Gasteiger partial charge in [0.1, 0.15) is 18.0 Å². The van der Waals surface area contributed by atoms with Gasteiger partial charge in [0.05, 0.1) is 18.4 Å². The van der Waals surface area contributed by atoms with Crippen molar-refractivity contribution in [3.63, 3.8) is 0 Å². The lowest BCUT2D eigenvalue weighted by Gasteiger charge is -2.13. The van der Waals surface area contributed by atoms with Crippen LogP contribution in [0.3, 0.4) is 0 Å². The highest BCUT2D eigenvalue weighted by atomic mass is 16.5. The number of anilines is 1. The number of carbonyl (C=O) groups excluding carboxylic acids is 1. The monoisotopic (exact) mass is 380 g/mol. The number of fused-ring (bicyclic) bond motifs is 1. The molecule has 3 aromatic rings. The highest BCUT2D eigenvalue weighted by Crippen LogP contribution is 2.23. The van der Waals surface area contributed by atoms with Crippen LogP contribution in [-0.2, 0) is 11.3 Å². The quantitative estimate of drug-likeness (QED) is 0.676. The van der Waals surface area contributed by atoms with Gasteiger partial charge >= 0.3 is 0 Å². The van der Waals surface area contributed by atoms with Crippen LogP contribution in [0.5, 0.6) is 11.5 Å². The van der Waals surface area contributed by atoms with E-state index in [-0.39, 0.29) is 24.1 Å². The normalized spacial score (nSPS) is 10.9. The van der Waals surface area contributed by atoms with Gasteiger partial charge < -0.3 is 19.4 Å². The fourth-order valence-electron chi connectivity index (χ4n) is 2.93. The Kier molecular flexibility index (Phi) is 5.99. The van der Waals surface area contributed by atoms with Gasteiger partial charge in [-0.25, -0.2) is 0 Å². The first-order valence-corrected chi connectivity index (χ1v) is 9.29. The number of para-hydroxylation sites is 2. The molecule has 0 aliphatic heterocycles. The third-order valence-corrected chi connectivity index (χ3v) is 4.10. The molecule has 0 aliphatic carbocycles. The summed E-state index contributed by atoms with van der Waals surface area (Å²) in [5, 5.41) is 4.13. The van der Waals surface area contributed by atoms with Crippen LogP contribution >= 0.6 is 0 Å². The Morgan fingerprint density at radius 3 is 2.68 bits per heavy atom. The molecule has 1 heterocycles. The molecule has 0 radical (unpaired) electrons. The van der Waals surface area contributed by atoms with E-state index in [1.807, 2.05) is 45.0 Å². The van der Waals surface area contributed by atoms with Crippen molar-refractivity contribution >= 4 is 22.4 Å². The van der Waals surface area contributed by atoms with Gasteiger partial charge in [-0.2, -0.15) is 0 Å². The summed E-state index contributed by atoms with van der Waals surface area (Å²) in [6.45, 7) is 6.19. The van der Waals surface area contributed by atoms with E-state index in [4.69, 9.17) is 9.47 Å². The lowest BCUT2D eigenvalue weighted by atomic mass is 10.1. The first-order chi connectivity index (χ1) is 13.5. The van der Waals surface area contributed by atoms with Crippen molar-refractivity contribution in [3.05, 3.63) is 65.1 Å². The molecule has 0 bridgehead atoms. The number of nitrogens with one attached hydrogen (secondary N) is 1. The zero-order valence-electron chi connectivity index (χ0n) is 16.3. The zero-order chi connectivity index (χ0) is 20.1. The van der Waals surface area contributed by atoms with Crippen molar-refractivity contribution in [2.24, 2.45) is 0 Å². The minimum Gasteiger partial charge on any atom is -0.492 e. The van der Waals surface area contributed by atoms with Gasteiger partial charge in [-0.1, -0.05) is 12.1 Å². The van der Waals surface area contributed by atoms with Crippen molar-refractivity contribution in [1.29, 1.82) is 0 Å². The number of hydrogen-bond donors (Lipinski definition) is 1. The third-order valence-electron chi connectivity index (χ3n) is 4.10. The summed E-state index contributed by atoms with van der Waals surface area (Å²) in [5.41, 5.74) is 0.362. The fraction of sp³-hybridized carbons (Fsp3) is 0.273. The third kappa shape index (κ3) is 4.52. The van der Waals surface area contributed by atoms with Crippen molar-refractivity contribution in [2.75, 3.05) is 11.9 Å². The molecule has 28 heavy (non-hydrogen) atoms. The second-order valence-corrected chi connectivity index (χ2v) is 6.64. The standard InChI is InChI=1S/C22H24N2O4/c1-4-27-20-8-6-5-7-19(20)23-21(25)14-24-12-11-16-13-17(28-15(2)3)9-10-18(16)22(24)26/h5-13,15H,4,14H2,1-3H3,(H,23,25). The highest BCUT2D eigenvalue weighted by molar-refractivity contribution is 5.92. The molecule has 146 valence electrons. The van der Waals surface area contributed by atoms with Crippen LogP contribution in [0.25, 0.3) is 10.8 Å². The topological polar surface area (TPSA) is 69.6 Å². The average Bonchev–Trinajstić information content (AvgIpc) is 2.65. The molecular weight excluding hydrogens is 356 g/mol. The molecule has 0 saturated carbocycles. The van der Waals surface area contributed by atoms with Crippen molar-refractivity contribution < 1.29 is 14.3 Å². The molecule has 0 fully saturated rings. The first-order valence-electron chi connectivity index (χ1n) is 9.29. The van der Waals surface area contributed by atoms with E-state index in [0.29, 0.717) is 29.2 Å². The molecule has 0 atom stereocenters. The van der Waals surface area contributed by atoms with Crippen LogP contribution in [0, 0.1) is 0 Å². The second kappa shape index (κ2) is 8.61. The Morgan fingerprint density at radius 2 is 1.93 bits per heavy atom. The molecular formula is C22H24N2O4. The number of hydrogen-bond acceptors (Lipinski definition) is 4. The lowest BCUT2D eigenvalue weighted by molar-refractivity contribution is -0.116. The lowest BCUT2D eigenvalue weighted by Crippen LogP contribution is -2.27. The van der Waals surface area contributed by atoms with E-state index in [0.717, 1.165) is 5.39 Å². The van der Waals surface area contributed by atoms with Crippen LogP contribution in [-0.4, -0.2) is 23.2 Å². The van der Waals surface area contributed by atoms with E-state index in [2.05, 4.69) is 5.32 Å². The van der Waals surface area contributed by atoms with Crippen LogP contribution in [0.1, 0.15) is 20.8 Å². The number of amides is 1. The molecule has 3 rings (SSSR count). The van der Waals surface area contributed by atoms with Gasteiger partial charge in [-0.15, -0.1) is 0 Å². The number of aromatic nitrogens is 1. The molecule has 0 unspecified atom stereocenters. The van der Waals surface area contributed by atoms with E-state index < -0.39 is 0 Å². The Hall–Kier alpha value is -3.28. The van der Waals surface area contributed by atoms with Gasteiger partial charge in [0.25, 0.3) is 5.56 Å². The van der Waals surface area contributed by atoms with Crippen LogP contribution < -0.4 is 20.3 Å². The maximum Gasteiger partial charge on any atom is 0.258 e. The van der Waals surface area contributed by atoms with Gasteiger partial charge in [-0.3, -0.25) is 9.59 Å². The van der Waals surface area contributed by atoms with E-state index >= 15 is 0 Å². The number of ether oxygens (including phenoxy) is 2. The predicted molar refractivity (Wildman–Crippen MR) is 110 cm³/mol. The molecule has 0 saturated heterocycles. The Balaban J connectivity index is 1.80. The Labute approximate surface area is 163 Å². The van der Waals surface area contributed by atoms with Crippen molar-refractivity contribution in [2.45, 2.75) is 33.4 Å². The summed E-state index contributed by atoms with van der Waals surface area (Å²) >= 11 is 0. The minimum absolute atomic E-state index is 0.0566. The number of benzene rings is 2. The maximum absolute atomic E-state index is 12.7. The summed E-state index contributed by atoms with van der Waals surface area (Å²) in [6.07, 6.45) is 1.68. The Bertz CT molecular complexity index is 1040. The molecule has 0 spiro atoms. The zero-order valence-corrected chi connectivity index (χ0v) is 16.3. The largest absolute Gasteiger partial charge is 0.492 e. The van der Waals surface area contributed by atoms with Crippen molar-refractivity contribution in [1.82, 2.24) is 4.57 Å². The van der Waals surface area contributed by atoms with Gasteiger partial charge in [-0.05, 0) is 62.6 Å². The summed E-state index contributed by atoms with van der Waals surface area (Å²) in [4.78, 5) is 25.2. The van der Waals surface area contributed by atoms with E-state index in [1.54, 1.807) is 30.5 Å².